The van der Waals surface area contributed by atoms with Gasteiger partial charge in [-0.05, 0) is 31.0 Å². The third-order valence-corrected chi connectivity index (χ3v) is 7.68. The number of likely N-dealkylation sites (N-methyl/N-ethyl adjacent to an activating group) is 1. The molecule has 3 aromatic heterocycles. The minimum absolute atomic E-state index is 0.118. The zero-order chi connectivity index (χ0) is 28.5. The average molecular weight is 557 g/mol. The summed E-state index contributed by atoms with van der Waals surface area (Å²) in [6.45, 7) is 3.08. The highest BCUT2D eigenvalue weighted by atomic mass is 16.6. The Morgan fingerprint density at radius 1 is 1.05 bits per heavy atom. The summed E-state index contributed by atoms with van der Waals surface area (Å²) in [6, 6.07) is 12.2. The van der Waals surface area contributed by atoms with Crippen LogP contribution < -0.4 is 5.32 Å². The molecule has 4 aromatic rings. The number of aromatic nitrogens is 5. The molecule has 0 unspecified atom stereocenters. The van der Waals surface area contributed by atoms with Crippen molar-refractivity contribution in [3.05, 3.63) is 66.2 Å². The van der Waals surface area contributed by atoms with E-state index in [2.05, 4.69) is 19.9 Å². The van der Waals surface area contributed by atoms with Crippen molar-refractivity contribution in [3.63, 3.8) is 0 Å². The Labute approximate surface area is 237 Å². The number of carbonyl (C=O) groups excluding carboxylic acids is 2. The van der Waals surface area contributed by atoms with Crippen LogP contribution in [0.15, 0.2) is 54.9 Å². The van der Waals surface area contributed by atoms with Crippen molar-refractivity contribution in [2.24, 2.45) is 0 Å². The van der Waals surface area contributed by atoms with Crippen LogP contribution in [0.2, 0.25) is 0 Å². The van der Waals surface area contributed by atoms with Crippen molar-refractivity contribution in [1.29, 1.82) is 0 Å². The fourth-order valence-corrected chi connectivity index (χ4v) is 5.59. The highest BCUT2D eigenvalue weighted by Crippen LogP contribution is 2.29. The van der Waals surface area contributed by atoms with Crippen molar-refractivity contribution in [2.75, 3.05) is 32.6 Å². The van der Waals surface area contributed by atoms with E-state index in [9.17, 15) is 9.59 Å². The lowest BCUT2D eigenvalue weighted by Gasteiger charge is -2.29. The Kier molecular flexibility index (Phi) is 7.23. The molecule has 4 bridgehead atoms. The van der Waals surface area contributed by atoms with Gasteiger partial charge in [0, 0.05) is 45.7 Å². The number of likely N-dealkylation sites (tertiary alicyclic amines) is 1. The van der Waals surface area contributed by atoms with Gasteiger partial charge < -0.3 is 24.3 Å². The highest BCUT2D eigenvalue weighted by Gasteiger charge is 2.42. The Morgan fingerprint density at radius 2 is 1.85 bits per heavy atom. The highest BCUT2D eigenvalue weighted by molar-refractivity contribution is 5.89. The predicted molar refractivity (Wildman–Crippen MR) is 151 cm³/mol. The molecule has 41 heavy (non-hydrogen) atoms. The SMILES string of the molecule is CO[C@H]1CN(C)C(=O)[C@@H]2C[C@@H](CN2C(=O)OCc2ccccc2)Nc2nccc(n2)-c2nccc3nc(C)n(c23)C1. The van der Waals surface area contributed by atoms with E-state index in [0.717, 1.165) is 22.4 Å². The molecule has 12 nitrogen and oxygen atoms in total. The summed E-state index contributed by atoms with van der Waals surface area (Å²) in [7, 11) is 3.36. The second-order valence-corrected chi connectivity index (χ2v) is 10.4. The number of carbonyl (C=O) groups is 2. The lowest BCUT2D eigenvalue weighted by Crippen LogP contribution is -2.49. The number of ether oxygens (including phenoxy) is 2. The molecule has 2 aliphatic rings. The zero-order valence-corrected chi connectivity index (χ0v) is 23.2. The molecule has 1 aromatic carbocycles. The molecule has 1 saturated heterocycles. The van der Waals surface area contributed by atoms with Crippen molar-refractivity contribution in [1.82, 2.24) is 34.3 Å². The van der Waals surface area contributed by atoms with E-state index in [1.807, 2.05) is 49.4 Å². The molecule has 5 heterocycles. The molecule has 2 amide bonds. The number of hydrogen-bond acceptors (Lipinski definition) is 9. The smallest absolute Gasteiger partial charge is 0.410 e. The summed E-state index contributed by atoms with van der Waals surface area (Å²) >= 11 is 0. The first-order chi connectivity index (χ1) is 19.9. The maximum absolute atomic E-state index is 13.8. The number of aryl methyl sites for hydroxylation is 1. The zero-order valence-electron chi connectivity index (χ0n) is 23.2. The summed E-state index contributed by atoms with van der Waals surface area (Å²) < 4.78 is 13.5. The van der Waals surface area contributed by atoms with E-state index in [-0.39, 0.29) is 31.2 Å². The normalized spacial score (nSPS) is 20.9. The number of nitrogens with zero attached hydrogens (tertiary/aromatic N) is 7. The maximum Gasteiger partial charge on any atom is 0.410 e. The van der Waals surface area contributed by atoms with E-state index in [1.54, 1.807) is 31.5 Å². The molecule has 212 valence electrons. The molecule has 0 saturated carbocycles. The van der Waals surface area contributed by atoms with Gasteiger partial charge in [0.2, 0.25) is 11.9 Å². The largest absolute Gasteiger partial charge is 0.445 e. The second kappa shape index (κ2) is 11.1. The van der Waals surface area contributed by atoms with Gasteiger partial charge in [-0.15, -0.1) is 0 Å². The van der Waals surface area contributed by atoms with E-state index < -0.39 is 12.1 Å². The number of amides is 2. The van der Waals surface area contributed by atoms with Gasteiger partial charge in [0.15, 0.2) is 0 Å². The van der Waals surface area contributed by atoms with Gasteiger partial charge >= 0.3 is 6.09 Å². The summed E-state index contributed by atoms with van der Waals surface area (Å²) in [5.74, 6) is 0.998. The van der Waals surface area contributed by atoms with Crippen LogP contribution in [-0.4, -0.2) is 91.7 Å². The van der Waals surface area contributed by atoms with E-state index in [1.165, 1.54) is 4.90 Å². The molecule has 0 spiro atoms. The number of rotatable bonds is 3. The number of benzene rings is 1. The molecular weight excluding hydrogens is 524 g/mol. The van der Waals surface area contributed by atoms with Crippen molar-refractivity contribution >= 4 is 29.0 Å². The average Bonchev–Trinajstić information content (AvgIpc) is 3.55. The molecule has 0 radical (unpaired) electrons. The number of pyridine rings is 1. The maximum atomic E-state index is 13.8. The molecule has 12 heteroatoms. The Hall–Kier alpha value is -4.58. The first kappa shape index (κ1) is 26.6. The number of imidazole rings is 1. The van der Waals surface area contributed by atoms with Gasteiger partial charge in [-0.3, -0.25) is 14.7 Å². The third-order valence-electron chi connectivity index (χ3n) is 7.68. The lowest BCUT2D eigenvalue weighted by molar-refractivity contribution is -0.136. The molecule has 2 aliphatic heterocycles. The lowest BCUT2D eigenvalue weighted by atomic mass is 10.1. The van der Waals surface area contributed by atoms with Gasteiger partial charge in [-0.2, -0.15) is 0 Å². The summed E-state index contributed by atoms with van der Waals surface area (Å²) in [5.41, 5.74) is 3.83. The molecule has 0 aliphatic carbocycles. The monoisotopic (exact) mass is 556 g/mol. The summed E-state index contributed by atoms with van der Waals surface area (Å²) in [4.78, 5) is 48.8. The summed E-state index contributed by atoms with van der Waals surface area (Å²) in [6.07, 6.45) is 2.89. The van der Waals surface area contributed by atoms with Crippen molar-refractivity contribution in [2.45, 2.75) is 44.7 Å². The van der Waals surface area contributed by atoms with Gasteiger partial charge in [0.25, 0.3) is 0 Å². The molecule has 1 fully saturated rings. The fraction of sp³-hybridized carbons (Fsp3) is 0.379. The molecule has 1 N–H and O–H groups in total. The van der Waals surface area contributed by atoms with Crippen LogP contribution in [-0.2, 0) is 27.4 Å². The van der Waals surface area contributed by atoms with Crippen LogP contribution in [0, 0.1) is 6.92 Å². The van der Waals surface area contributed by atoms with E-state index in [0.29, 0.717) is 36.8 Å². The number of fused-ring (bicyclic) bond motifs is 5. The van der Waals surface area contributed by atoms with Crippen LogP contribution in [0.25, 0.3) is 22.4 Å². The summed E-state index contributed by atoms with van der Waals surface area (Å²) in [5, 5.41) is 3.34. The van der Waals surface area contributed by atoms with Gasteiger partial charge in [0.05, 0.1) is 29.4 Å². The number of anilines is 1. The first-order valence-corrected chi connectivity index (χ1v) is 13.6. The standard InChI is InChI=1S/C29H32N8O4/c1-18-32-23-10-11-30-25-22-9-12-31-28(34-22)33-20-13-24(27(38)35(2)15-21(40-3)16-36(18)26(23)25)37(14-20)29(39)41-17-19-7-5-4-6-8-19/h4-12,20-21,24H,13-17H2,1-3H3,(H,31,33,34)/t20-,21-,24-/m0/s1. The van der Waals surface area contributed by atoms with Crippen LogP contribution in [0.5, 0.6) is 0 Å². The van der Waals surface area contributed by atoms with Crippen LogP contribution in [0.1, 0.15) is 17.8 Å². The quantitative estimate of drug-likeness (QED) is 0.405. The van der Waals surface area contributed by atoms with Crippen molar-refractivity contribution < 1.29 is 19.1 Å². The Balaban J connectivity index is 1.36. The Bertz CT molecular complexity index is 1580. The molecule has 3 atom stereocenters. The van der Waals surface area contributed by atoms with Crippen LogP contribution >= 0.6 is 0 Å². The van der Waals surface area contributed by atoms with E-state index >= 15 is 0 Å². The van der Waals surface area contributed by atoms with Gasteiger partial charge in [0.1, 0.15) is 24.2 Å². The number of nitrogens with one attached hydrogen (secondary N) is 1. The van der Waals surface area contributed by atoms with Gasteiger partial charge in [-0.1, -0.05) is 30.3 Å². The van der Waals surface area contributed by atoms with Crippen LogP contribution in [0.3, 0.4) is 0 Å². The minimum Gasteiger partial charge on any atom is -0.445 e. The predicted octanol–water partition coefficient (Wildman–Crippen LogP) is 2.88. The van der Waals surface area contributed by atoms with Crippen LogP contribution in [0.4, 0.5) is 10.7 Å². The van der Waals surface area contributed by atoms with Crippen molar-refractivity contribution in [3.8, 4) is 11.4 Å². The minimum atomic E-state index is -0.716. The molecular formula is C29H32N8O4. The first-order valence-electron chi connectivity index (χ1n) is 13.6. The second-order valence-electron chi connectivity index (χ2n) is 10.4. The van der Waals surface area contributed by atoms with Gasteiger partial charge in [-0.25, -0.2) is 19.7 Å². The Morgan fingerprint density at radius 3 is 2.66 bits per heavy atom. The number of hydrogen-bond donors (Lipinski definition) is 1. The fourth-order valence-electron chi connectivity index (χ4n) is 5.59. The molecule has 6 rings (SSSR count). The number of methoxy groups -OCH3 is 1. The topological polar surface area (TPSA) is 128 Å². The van der Waals surface area contributed by atoms with E-state index in [4.69, 9.17) is 19.4 Å². The third kappa shape index (κ3) is 5.30.